The van der Waals surface area contributed by atoms with E-state index < -0.39 is 5.41 Å². The molecule has 1 aliphatic heterocycles. The van der Waals surface area contributed by atoms with Gasteiger partial charge in [-0.3, -0.25) is 9.59 Å². The van der Waals surface area contributed by atoms with Gasteiger partial charge in [-0.1, -0.05) is 67.6 Å². The lowest BCUT2D eigenvalue weighted by atomic mass is 9.48. The second-order valence-corrected chi connectivity index (χ2v) is 9.09. The van der Waals surface area contributed by atoms with Crippen molar-refractivity contribution in [3.63, 3.8) is 0 Å². The second-order valence-electron chi connectivity index (χ2n) is 9.09. The van der Waals surface area contributed by atoms with Gasteiger partial charge >= 0.3 is 0 Å². The highest BCUT2D eigenvalue weighted by atomic mass is 16.2. The Kier molecular flexibility index (Phi) is 3.35. The van der Waals surface area contributed by atoms with Crippen molar-refractivity contribution in [3.05, 3.63) is 100 Å². The molecule has 2 atom stereocenters. The number of aryl methyl sites for hydroxylation is 1. The molecular weight excluding hydrogens is 370 g/mol. The first-order chi connectivity index (χ1) is 14.5. The third-order valence-corrected chi connectivity index (χ3v) is 7.86. The molecule has 0 radical (unpaired) electrons. The smallest absolute Gasteiger partial charge is 0.238 e. The maximum Gasteiger partial charge on any atom is 0.238 e. The zero-order chi connectivity index (χ0) is 20.8. The van der Waals surface area contributed by atoms with Crippen LogP contribution < -0.4 is 4.90 Å². The summed E-state index contributed by atoms with van der Waals surface area (Å²) in [6, 6.07) is 22.6. The Bertz CT molecular complexity index is 1210. The summed E-state index contributed by atoms with van der Waals surface area (Å²) in [5, 5.41) is 0. The van der Waals surface area contributed by atoms with E-state index in [1.54, 1.807) is 0 Å². The van der Waals surface area contributed by atoms with E-state index in [9.17, 15) is 9.59 Å². The van der Waals surface area contributed by atoms with Gasteiger partial charge in [0, 0.05) is 11.3 Å². The van der Waals surface area contributed by atoms with E-state index in [4.69, 9.17) is 0 Å². The summed E-state index contributed by atoms with van der Waals surface area (Å²) in [5.74, 6) is -0.920. The number of anilines is 1. The number of carbonyl (C=O) groups excluding carboxylic acids is 2. The van der Waals surface area contributed by atoms with E-state index in [2.05, 4.69) is 31.2 Å². The Morgan fingerprint density at radius 2 is 1.37 bits per heavy atom. The zero-order valence-electron chi connectivity index (χ0n) is 17.3. The van der Waals surface area contributed by atoms with Crippen LogP contribution in [0.5, 0.6) is 0 Å². The highest BCUT2D eigenvalue weighted by Gasteiger charge is 2.66. The monoisotopic (exact) mass is 393 g/mol. The maximum atomic E-state index is 13.9. The number of hydrogen-bond acceptors (Lipinski definition) is 2. The van der Waals surface area contributed by atoms with Crippen LogP contribution in [0.1, 0.15) is 46.2 Å². The van der Waals surface area contributed by atoms with Crippen molar-refractivity contribution in [1.82, 2.24) is 0 Å². The van der Waals surface area contributed by atoms with Gasteiger partial charge in [-0.15, -0.1) is 0 Å². The maximum absolute atomic E-state index is 13.9. The molecule has 0 spiro atoms. The van der Waals surface area contributed by atoms with Gasteiger partial charge < -0.3 is 0 Å². The first kappa shape index (κ1) is 17.6. The summed E-state index contributed by atoms with van der Waals surface area (Å²) in [4.78, 5) is 29.3. The first-order valence-corrected chi connectivity index (χ1v) is 10.6. The van der Waals surface area contributed by atoms with E-state index in [1.807, 2.05) is 56.3 Å². The van der Waals surface area contributed by atoms with Crippen molar-refractivity contribution >= 4 is 17.5 Å². The fourth-order valence-electron chi connectivity index (χ4n) is 6.37. The van der Waals surface area contributed by atoms with Gasteiger partial charge in [-0.2, -0.15) is 0 Å². The molecule has 3 aromatic rings. The Labute approximate surface area is 176 Å². The van der Waals surface area contributed by atoms with Gasteiger partial charge in [-0.25, -0.2) is 4.90 Å². The van der Waals surface area contributed by atoms with E-state index in [0.29, 0.717) is 0 Å². The molecule has 4 aliphatic rings. The topological polar surface area (TPSA) is 37.4 Å². The molecule has 0 aromatic heterocycles. The number of amides is 2. The largest absolute Gasteiger partial charge is 0.274 e. The van der Waals surface area contributed by atoms with Crippen LogP contribution in [0.25, 0.3) is 0 Å². The van der Waals surface area contributed by atoms with Gasteiger partial charge in [0.1, 0.15) is 0 Å². The highest BCUT2D eigenvalue weighted by molar-refractivity contribution is 6.24. The number of benzene rings is 3. The molecule has 30 heavy (non-hydrogen) atoms. The highest BCUT2D eigenvalue weighted by Crippen LogP contribution is 2.64. The number of hydrogen-bond donors (Lipinski definition) is 0. The van der Waals surface area contributed by atoms with Crippen LogP contribution in [-0.2, 0) is 15.0 Å². The van der Waals surface area contributed by atoms with Crippen LogP contribution in [0.4, 0.5) is 5.69 Å². The second kappa shape index (κ2) is 5.69. The van der Waals surface area contributed by atoms with Crippen molar-refractivity contribution in [3.8, 4) is 0 Å². The first-order valence-electron chi connectivity index (χ1n) is 10.6. The molecule has 3 aromatic carbocycles. The molecule has 0 unspecified atom stereocenters. The van der Waals surface area contributed by atoms with E-state index >= 15 is 0 Å². The molecular formula is C27H23NO2. The molecule has 0 saturated carbocycles. The van der Waals surface area contributed by atoms with Crippen molar-refractivity contribution in [2.75, 3.05) is 4.90 Å². The van der Waals surface area contributed by atoms with Crippen LogP contribution in [0, 0.1) is 25.7 Å². The van der Waals surface area contributed by atoms with E-state index in [1.165, 1.54) is 27.2 Å². The Balaban J connectivity index is 1.63. The Hall–Kier alpha value is -3.20. The quantitative estimate of drug-likeness (QED) is 0.553. The van der Waals surface area contributed by atoms with Gasteiger partial charge in [0.15, 0.2) is 0 Å². The minimum atomic E-state index is -0.508. The van der Waals surface area contributed by atoms with Crippen LogP contribution in [0.3, 0.4) is 0 Å². The van der Waals surface area contributed by atoms with Crippen LogP contribution in [0.2, 0.25) is 0 Å². The van der Waals surface area contributed by atoms with Crippen molar-refractivity contribution in [1.29, 1.82) is 0 Å². The molecule has 3 heteroatoms. The van der Waals surface area contributed by atoms with Crippen LogP contribution in [0.15, 0.2) is 66.7 Å². The Morgan fingerprint density at radius 1 is 0.767 bits per heavy atom. The summed E-state index contributed by atoms with van der Waals surface area (Å²) < 4.78 is 0. The summed E-state index contributed by atoms with van der Waals surface area (Å²) in [7, 11) is 0. The SMILES string of the molecule is Cc1cccc(N2C(=O)[C@H]3C4c5ccccc5C(C)(c5ccccc54)[C@H]3C2=O)c1C. The predicted molar refractivity (Wildman–Crippen MR) is 117 cm³/mol. The minimum absolute atomic E-state index is 0.0565. The molecule has 3 aliphatic carbocycles. The number of nitrogens with zero attached hydrogens (tertiary/aromatic N) is 1. The summed E-state index contributed by atoms with van der Waals surface area (Å²) in [5.41, 5.74) is 7.08. The summed E-state index contributed by atoms with van der Waals surface area (Å²) >= 11 is 0. The molecule has 148 valence electrons. The van der Waals surface area contributed by atoms with Crippen molar-refractivity contribution < 1.29 is 9.59 Å². The lowest BCUT2D eigenvalue weighted by Crippen LogP contribution is -2.51. The normalized spacial score (nSPS) is 28.4. The molecule has 7 rings (SSSR count). The lowest BCUT2D eigenvalue weighted by molar-refractivity contribution is -0.123. The van der Waals surface area contributed by atoms with Gasteiger partial charge in [-0.05, 0) is 53.3 Å². The fraction of sp³-hybridized carbons (Fsp3) is 0.259. The van der Waals surface area contributed by atoms with Crippen molar-refractivity contribution in [2.45, 2.75) is 32.1 Å². The molecule has 2 bridgehead atoms. The summed E-state index contributed by atoms with van der Waals surface area (Å²) in [6.07, 6.45) is 0. The van der Waals surface area contributed by atoms with Crippen LogP contribution in [-0.4, -0.2) is 11.8 Å². The summed E-state index contributed by atoms with van der Waals surface area (Å²) in [6.45, 7) is 6.18. The van der Waals surface area contributed by atoms with E-state index in [-0.39, 0.29) is 29.6 Å². The average molecular weight is 393 g/mol. The van der Waals surface area contributed by atoms with Crippen molar-refractivity contribution in [2.24, 2.45) is 11.8 Å². The standard InChI is InChI=1S/C27H23NO2/c1-15-9-8-14-21(16(15)2)28-25(29)23-22-17-10-4-6-12-19(17)27(3,24(23)26(28)30)20-13-7-5-11-18(20)22/h4-14,22-24H,1-3H3/t22?,23-,24+,27?/m0/s1. The third kappa shape index (κ3) is 1.86. The molecule has 1 heterocycles. The van der Waals surface area contributed by atoms with E-state index in [0.717, 1.165) is 16.8 Å². The number of imide groups is 1. The molecule has 1 saturated heterocycles. The van der Waals surface area contributed by atoms with Gasteiger partial charge in [0.05, 0.1) is 17.5 Å². The molecule has 2 amide bonds. The Morgan fingerprint density at radius 3 is 2.00 bits per heavy atom. The fourth-order valence-corrected chi connectivity index (χ4v) is 6.37. The zero-order valence-corrected chi connectivity index (χ0v) is 17.3. The molecule has 3 nitrogen and oxygen atoms in total. The average Bonchev–Trinajstić information content (AvgIpc) is 3.02. The number of rotatable bonds is 1. The molecule has 0 N–H and O–H groups in total. The van der Waals surface area contributed by atoms with Crippen LogP contribution >= 0.6 is 0 Å². The van der Waals surface area contributed by atoms with Gasteiger partial charge in [0.2, 0.25) is 11.8 Å². The molecule has 1 fully saturated rings. The number of carbonyl (C=O) groups is 2. The lowest BCUT2D eigenvalue weighted by Gasteiger charge is -2.52. The minimum Gasteiger partial charge on any atom is -0.274 e. The third-order valence-electron chi connectivity index (χ3n) is 7.86. The van der Waals surface area contributed by atoms with Gasteiger partial charge in [0.25, 0.3) is 0 Å². The predicted octanol–water partition coefficient (Wildman–Crippen LogP) is 4.87.